The van der Waals surface area contributed by atoms with Crippen LogP contribution in [0.4, 0.5) is 5.82 Å². The van der Waals surface area contributed by atoms with Gasteiger partial charge in [0.15, 0.2) is 0 Å². The van der Waals surface area contributed by atoms with Crippen molar-refractivity contribution in [3.8, 4) is 17.2 Å². The van der Waals surface area contributed by atoms with Crippen molar-refractivity contribution in [2.24, 2.45) is 0 Å². The minimum absolute atomic E-state index is 0.321. The lowest BCUT2D eigenvalue weighted by Crippen LogP contribution is -2.17. The van der Waals surface area contributed by atoms with Gasteiger partial charge in [-0.25, -0.2) is 4.68 Å². The number of ether oxygens (including phenoxy) is 2. The van der Waals surface area contributed by atoms with Gasteiger partial charge >= 0.3 is 0 Å². The number of methoxy groups -OCH3 is 2. The first-order valence-corrected chi connectivity index (χ1v) is 11.0. The fraction of sp³-hybridized carbons (Fsp3) is 0.273. The van der Waals surface area contributed by atoms with Crippen molar-refractivity contribution in [2.75, 3.05) is 19.5 Å². The molecule has 1 amide bonds. The zero-order valence-corrected chi connectivity index (χ0v) is 18.1. The predicted molar refractivity (Wildman–Crippen MR) is 116 cm³/mol. The van der Waals surface area contributed by atoms with E-state index in [9.17, 15) is 9.00 Å². The Labute approximate surface area is 177 Å². The molecule has 2 heterocycles. The summed E-state index contributed by atoms with van der Waals surface area (Å²) in [5.74, 6) is 2.04. The maximum Gasteiger partial charge on any atom is 0.257 e. The molecule has 0 saturated heterocycles. The summed E-state index contributed by atoms with van der Waals surface area (Å²) >= 11 is 0. The number of carbonyl (C=O) groups is 1. The molecule has 8 heteroatoms. The van der Waals surface area contributed by atoms with Crippen molar-refractivity contribution in [3.05, 3.63) is 64.3 Å². The minimum Gasteiger partial charge on any atom is -0.497 e. The van der Waals surface area contributed by atoms with E-state index in [1.807, 2.05) is 26.0 Å². The second-order valence-electron chi connectivity index (χ2n) is 7.26. The Morgan fingerprint density at radius 2 is 1.77 bits per heavy atom. The van der Waals surface area contributed by atoms with Crippen LogP contribution in [-0.4, -0.2) is 34.1 Å². The summed E-state index contributed by atoms with van der Waals surface area (Å²) in [5, 5.41) is 7.66. The van der Waals surface area contributed by atoms with Crippen LogP contribution < -0.4 is 14.8 Å². The summed E-state index contributed by atoms with van der Waals surface area (Å²) in [4.78, 5) is 13.1. The Morgan fingerprint density at radius 1 is 1.07 bits per heavy atom. The Hall–Kier alpha value is -3.13. The molecule has 3 aromatic rings. The number of aromatic nitrogens is 2. The third kappa shape index (κ3) is 3.70. The number of aryl methyl sites for hydroxylation is 2. The molecule has 7 nitrogen and oxygen atoms in total. The van der Waals surface area contributed by atoms with E-state index in [4.69, 9.17) is 9.47 Å². The molecule has 1 N–H and O–H groups in total. The Kier molecular flexibility index (Phi) is 5.34. The number of amides is 1. The molecule has 1 aliphatic rings. The van der Waals surface area contributed by atoms with E-state index in [0.717, 1.165) is 28.1 Å². The van der Waals surface area contributed by atoms with Crippen molar-refractivity contribution in [2.45, 2.75) is 25.4 Å². The number of fused-ring (bicyclic) bond motifs is 1. The molecule has 30 heavy (non-hydrogen) atoms. The van der Waals surface area contributed by atoms with E-state index in [0.29, 0.717) is 34.4 Å². The first-order valence-electron chi connectivity index (χ1n) is 9.47. The summed E-state index contributed by atoms with van der Waals surface area (Å²) in [5.41, 5.74) is 5.03. The van der Waals surface area contributed by atoms with Crippen LogP contribution in [0.3, 0.4) is 0 Å². The highest BCUT2D eigenvalue weighted by molar-refractivity contribution is 7.83. The average Bonchev–Trinajstić information content (AvgIpc) is 3.24. The fourth-order valence-electron chi connectivity index (χ4n) is 3.59. The normalized spacial score (nSPS) is 15.0. The lowest BCUT2D eigenvalue weighted by molar-refractivity contribution is 0.102. The predicted octanol–water partition coefficient (Wildman–Crippen LogP) is 3.52. The van der Waals surface area contributed by atoms with Gasteiger partial charge in [-0.15, -0.1) is 0 Å². The Bertz CT molecular complexity index is 1150. The number of hydrogen-bond acceptors (Lipinski definition) is 5. The average molecular weight is 426 g/mol. The molecule has 0 saturated carbocycles. The summed E-state index contributed by atoms with van der Waals surface area (Å²) in [6, 6.07) is 11.1. The number of hydrogen-bond donors (Lipinski definition) is 1. The quantitative estimate of drug-likeness (QED) is 0.676. The summed E-state index contributed by atoms with van der Waals surface area (Å²) in [6.45, 7) is 4.04. The molecule has 1 unspecified atom stereocenters. The van der Waals surface area contributed by atoms with Gasteiger partial charge in [0.05, 0.1) is 37.1 Å². The molecule has 0 spiro atoms. The lowest BCUT2D eigenvalue weighted by atomic mass is 10.1. The van der Waals surface area contributed by atoms with Crippen LogP contribution in [0.25, 0.3) is 5.69 Å². The van der Waals surface area contributed by atoms with Gasteiger partial charge in [0.1, 0.15) is 17.3 Å². The van der Waals surface area contributed by atoms with Crippen LogP contribution >= 0.6 is 0 Å². The highest BCUT2D eigenvalue weighted by Gasteiger charge is 2.29. The largest absolute Gasteiger partial charge is 0.497 e. The Morgan fingerprint density at radius 3 is 2.40 bits per heavy atom. The molecule has 0 aliphatic carbocycles. The number of nitrogens with zero attached hydrogens (tertiary/aromatic N) is 2. The molecule has 0 bridgehead atoms. The number of carbonyl (C=O) groups excluding carboxylic acids is 1. The van der Waals surface area contributed by atoms with Crippen molar-refractivity contribution < 1.29 is 18.5 Å². The molecular weight excluding hydrogens is 402 g/mol. The van der Waals surface area contributed by atoms with Crippen molar-refractivity contribution >= 4 is 22.5 Å². The smallest absolute Gasteiger partial charge is 0.257 e. The second-order valence-corrected chi connectivity index (χ2v) is 8.72. The van der Waals surface area contributed by atoms with E-state index in [-0.39, 0.29) is 5.91 Å². The second kappa shape index (κ2) is 7.95. The van der Waals surface area contributed by atoms with Gasteiger partial charge in [-0.3, -0.25) is 9.00 Å². The van der Waals surface area contributed by atoms with E-state index < -0.39 is 10.8 Å². The molecule has 156 valence electrons. The zero-order chi connectivity index (χ0) is 21.4. The first kappa shape index (κ1) is 20.2. The van der Waals surface area contributed by atoms with Gasteiger partial charge in [-0.2, -0.15) is 5.10 Å². The van der Waals surface area contributed by atoms with E-state index in [1.165, 1.54) is 14.2 Å². The summed E-state index contributed by atoms with van der Waals surface area (Å²) in [7, 11) is 2.06. The number of anilines is 1. The van der Waals surface area contributed by atoms with Gasteiger partial charge in [-0.05, 0) is 37.6 Å². The van der Waals surface area contributed by atoms with E-state index in [2.05, 4.69) is 16.5 Å². The van der Waals surface area contributed by atoms with Crippen molar-refractivity contribution in [3.63, 3.8) is 0 Å². The molecule has 1 aromatic heterocycles. The van der Waals surface area contributed by atoms with Gasteiger partial charge in [-0.1, -0.05) is 17.7 Å². The molecule has 1 atom stereocenters. The summed E-state index contributed by atoms with van der Waals surface area (Å²) in [6.07, 6.45) is 0. The first-order chi connectivity index (χ1) is 14.4. The molecule has 1 aliphatic heterocycles. The van der Waals surface area contributed by atoms with Crippen LogP contribution in [-0.2, 0) is 22.3 Å². The maximum absolute atomic E-state index is 13.1. The molecule has 2 aromatic carbocycles. The number of nitrogens with one attached hydrogen (secondary N) is 1. The van der Waals surface area contributed by atoms with E-state index in [1.54, 1.807) is 22.9 Å². The van der Waals surface area contributed by atoms with Crippen LogP contribution in [0.2, 0.25) is 0 Å². The minimum atomic E-state index is -1.01. The zero-order valence-electron chi connectivity index (χ0n) is 17.3. The standard InChI is InChI=1S/C22H23N3O4S/c1-13-5-6-20(14(2)7-13)25-21(18-11-30(27)12-19(18)24-25)23-22(26)15-8-16(28-3)10-17(9-15)29-4/h5-10H,11-12H2,1-4H3,(H,23,26). The van der Waals surface area contributed by atoms with Crippen molar-refractivity contribution in [1.82, 2.24) is 9.78 Å². The highest BCUT2D eigenvalue weighted by Crippen LogP contribution is 2.33. The fourth-order valence-corrected chi connectivity index (χ4v) is 4.86. The van der Waals surface area contributed by atoms with Gasteiger partial charge in [0, 0.05) is 28.0 Å². The van der Waals surface area contributed by atoms with Crippen LogP contribution in [0, 0.1) is 13.8 Å². The molecular formula is C22H23N3O4S. The lowest BCUT2D eigenvalue weighted by Gasteiger charge is -2.14. The Balaban J connectivity index is 1.77. The van der Waals surface area contributed by atoms with Gasteiger partial charge in [0.25, 0.3) is 5.91 Å². The van der Waals surface area contributed by atoms with Crippen molar-refractivity contribution in [1.29, 1.82) is 0 Å². The monoisotopic (exact) mass is 425 g/mol. The van der Waals surface area contributed by atoms with Crippen LogP contribution in [0.15, 0.2) is 36.4 Å². The van der Waals surface area contributed by atoms with E-state index >= 15 is 0 Å². The maximum atomic E-state index is 13.1. The van der Waals surface area contributed by atoms with Crippen LogP contribution in [0.1, 0.15) is 32.7 Å². The molecule has 4 rings (SSSR count). The third-order valence-corrected chi connectivity index (χ3v) is 6.30. The highest BCUT2D eigenvalue weighted by atomic mass is 32.2. The number of rotatable bonds is 5. The van der Waals surface area contributed by atoms with Crippen LogP contribution in [0.5, 0.6) is 11.5 Å². The topological polar surface area (TPSA) is 82.4 Å². The molecule has 0 fully saturated rings. The van der Waals surface area contributed by atoms with Gasteiger partial charge < -0.3 is 14.8 Å². The summed E-state index contributed by atoms with van der Waals surface area (Å²) < 4.78 is 24.4. The third-order valence-electron chi connectivity index (χ3n) is 5.10. The van der Waals surface area contributed by atoms with Gasteiger partial charge in [0.2, 0.25) is 0 Å². The number of benzene rings is 2. The SMILES string of the molecule is COc1cc(OC)cc(C(=O)Nc2c3c(nn2-c2ccc(C)cc2C)CS(=O)C3)c1. The molecule has 0 radical (unpaired) electrons.